The van der Waals surface area contributed by atoms with E-state index in [2.05, 4.69) is 10.0 Å². The number of carbonyl (C=O) groups excluding carboxylic acids is 2. The van der Waals surface area contributed by atoms with Crippen LogP contribution in [0.3, 0.4) is 0 Å². The molecule has 0 fully saturated rings. The van der Waals surface area contributed by atoms with Gasteiger partial charge in [-0.2, -0.15) is 0 Å². The lowest BCUT2D eigenvalue weighted by Gasteiger charge is -2.10. The van der Waals surface area contributed by atoms with Gasteiger partial charge < -0.3 is 5.32 Å². The van der Waals surface area contributed by atoms with Crippen LogP contribution in [0, 0.1) is 6.92 Å². The maximum Gasteiger partial charge on any atom is 0.261 e. The molecule has 0 saturated heterocycles. The first-order valence-corrected chi connectivity index (χ1v) is 10.5. The summed E-state index contributed by atoms with van der Waals surface area (Å²) in [6.07, 6.45) is 0.306. The summed E-state index contributed by atoms with van der Waals surface area (Å²) in [7, 11) is -3.76. The molecule has 1 amide bonds. The Morgan fingerprint density at radius 3 is 2.45 bits per heavy atom. The zero-order valence-electron chi connectivity index (χ0n) is 15.6. The Bertz CT molecular complexity index is 1230. The third-order valence-corrected chi connectivity index (χ3v) is 6.10. The molecular weight excluding hydrogens is 388 g/mol. The second kappa shape index (κ2) is 7.18. The summed E-state index contributed by atoms with van der Waals surface area (Å²) in [5.74, 6) is -0.359. The lowest BCUT2D eigenvalue weighted by atomic mass is 10.0. The van der Waals surface area contributed by atoms with Crippen LogP contribution in [0.1, 0.15) is 27.0 Å². The van der Waals surface area contributed by atoms with E-state index in [1.165, 1.54) is 18.2 Å². The Morgan fingerprint density at radius 1 is 0.966 bits per heavy atom. The number of fused-ring (bicyclic) bond motifs is 1. The van der Waals surface area contributed by atoms with Gasteiger partial charge in [0.1, 0.15) is 0 Å². The molecule has 0 aromatic heterocycles. The van der Waals surface area contributed by atoms with Gasteiger partial charge in [-0.15, -0.1) is 0 Å². The van der Waals surface area contributed by atoms with Crippen molar-refractivity contribution in [2.75, 3.05) is 10.0 Å². The maximum absolute atomic E-state index is 12.9. The van der Waals surface area contributed by atoms with E-state index >= 15 is 0 Å². The maximum atomic E-state index is 12.9. The molecule has 4 rings (SSSR count). The molecule has 146 valence electrons. The van der Waals surface area contributed by atoms with E-state index < -0.39 is 10.0 Å². The zero-order chi connectivity index (χ0) is 20.6. The highest BCUT2D eigenvalue weighted by Gasteiger charge is 2.20. The number of sulfonamides is 1. The monoisotopic (exact) mass is 406 g/mol. The van der Waals surface area contributed by atoms with Crippen LogP contribution in [0.5, 0.6) is 0 Å². The van der Waals surface area contributed by atoms with Gasteiger partial charge in [0.05, 0.1) is 11.3 Å². The quantitative estimate of drug-likeness (QED) is 0.634. The van der Waals surface area contributed by atoms with E-state index in [4.69, 9.17) is 0 Å². The molecule has 2 N–H and O–H groups in total. The normalized spacial score (nSPS) is 12.9. The fourth-order valence-corrected chi connectivity index (χ4v) is 4.23. The van der Waals surface area contributed by atoms with E-state index in [0.717, 1.165) is 11.1 Å². The van der Waals surface area contributed by atoms with E-state index in [-0.39, 0.29) is 16.6 Å². The van der Waals surface area contributed by atoms with Gasteiger partial charge in [-0.25, -0.2) is 8.42 Å². The highest BCUT2D eigenvalue weighted by Crippen LogP contribution is 2.26. The number of nitrogens with one attached hydrogen (secondary N) is 2. The highest BCUT2D eigenvalue weighted by atomic mass is 32.2. The van der Waals surface area contributed by atoms with Gasteiger partial charge in [0.15, 0.2) is 5.78 Å². The van der Waals surface area contributed by atoms with Crippen molar-refractivity contribution in [1.29, 1.82) is 0 Å². The Balaban J connectivity index is 1.59. The number of aryl methyl sites for hydroxylation is 1. The van der Waals surface area contributed by atoms with Crippen LogP contribution in [0.15, 0.2) is 71.6 Å². The number of ketones is 1. The number of rotatable bonds is 5. The van der Waals surface area contributed by atoms with Crippen molar-refractivity contribution in [2.45, 2.75) is 18.2 Å². The van der Waals surface area contributed by atoms with Gasteiger partial charge in [-0.3, -0.25) is 14.3 Å². The molecule has 7 heteroatoms. The predicted octanol–water partition coefficient (Wildman–Crippen LogP) is 3.52. The predicted molar refractivity (Wildman–Crippen MR) is 111 cm³/mol. The van der Waals surface area contributed by atoms with E-state index in [1.54, 1.807) is 48.5 Å². The van der Waals surface area contributed by atoms with Crippen molar-refractivity contribution in [3.8, 4) is 0 Å². The largest absolute Gasteiger partial charge is 0.326 e. The van der Waals surface area contributed by atoms with E-state index in [9.17, 15) is 18.0 Å². The number of benzene rings is 3. The summed E-state index contributed by atoms with van der Waals surface area (Å²) in [6.45, 7) is 1.88. The van der Waals surface area contributed by atoms with Crippen LogP contribution in [0.2, 0.25) is 0 Å². The fourth-order valence-electron chi connectivity index (χ4n) is 3.18. The Morgan fingerprint density at radius 2 is 1.69 bits per heavy atom. The van der Waals surface area contributed by atoms with Crippen LogP contribution in [-0.4, -0.2) is 20.1 Å². The van der Waals surface area contributed by atoms with Crippen LogP contribution < -0.4 is 10.0 Å². The summed E-state index contributed by atoms with van der Waals surface area (Å²) < 4.78 is 27.7. The van der Waals surface area contributed by atoms with Crippen LogP contribution in [-0.2, 0) is 21.2 Å². The summed E-state index contributed by atoms with van der Waals surface area (Å²) in [5.41, 5.74) is 3.51. The van der Waals surface area contributed by atoms with E-state index in [0.29, 0.717) is 28.9 Å². The molecule has 6 nitrogen and oxygen atoms in total. The highest BCUT2D eigenvalue weighted by molar-refractivity contribution is 7.92. The van der Waals surface area contributed by atoms with Gasteiger partial charge >= 0.3 is 0 Å². The van der Waals surface area contributed by atoms with Crippen molar-refractivity contribution in [2.24, 2.45) is 0 Å². The lowest BCUT2D eigenvalue weighted by Crippen LogP contribution is -2.13. The molecule has 1 heterocycles. The second-order valence-corrected chi connectivity index (χ2v) is 8.61. The molecule has 0 saturated carbocycles. The number of hydrogen-bond acceptors (Lipinski definition) is 4. The molecule has 1 aliphatic rings. The molecular formula is C22H18N2O4S. The van der Waals surface area contributed by atoms with E-state index in [1.807, 2.05) is 6.92 Å². The number of carbonyl (C=O) groups is 2. The van der Waals surface area contributed by atoms with Crippen molar-refractivity contribution >= 4 is 33.1 Å². The lowest BCUT2D eigenvalue weighted by molar-refractivity contribution is -0.115. The van der Waals surface area contributed by atoms with Gasteiger partial charge in [-0.05, 0) is 42.8 Å². The Kier molecular flexibility index (Phi) is 4.68. The SMILES string of the molecule is Cc1ccc(S(=O)(=O)Nc2cccc(C(=O)c3ccc4c(c3)NC(=O)C4)c2)cc1. The first-order valence-electron chi connectivity index (χ1n) is 8.99. The Labute approximate surface area is 168 Å². The molecule has 0 radical (unpaired) electrons. The van der Waals surface area contributed by atoms with Crippen molar-refractivity contribution in [1.82, 2.24) is 0 Å². The third-order valence-electron chi connectivity index (χ3n) is 4.71. The van der Waals surface area contributed by atoms with Crippen LogP contribution in [0.25, 0.3) is 0 Å². The molecule has 0 atom stereocenters. The standard InChI is InChI=1S/C22H18N2O4S/c1-14-5-9-19(10-6-14)29(27,28)24-18-4-2-3-16(11-18)22(26)17-8-7-15-13-21(25)23-20(15)12-17/h2-12,24H,13H2,1H3,(H,23,25). The van der Waals surface area contributed by atoms with Gasteiger partial charge in [0.25, 0.3) is 10.0 Å². The molecule has 3 aromatic rings. The van der Waals surface area contributed by atoms with Crippen molar-refractivity contribution in [3.63, 3.8) is 0 Å². The molecule has 0 aliphatic carbocycles. The van der Waals surface area contributed by atoms with Crippen LogP contribution >= 0.6 is 0 Å². The molecule has 29 heavy (non-hydrogen) atoms. The summed E-state index contributed by atoms with van der Waals surface area (Å²) >= 11 is 0. The molecule has 1 aliphatic heterocycles. The second-order valence-electron chi connectivity index (χ2n) is 6.93. The first kappa shape index (κ1) is 18.9. The average Bonchev–Trinajstić information content (AvgIpc) is 3.06. The topological polar surface area (TPSA) is 92.3 Å². The number of anilines is 2. The number of hydrogen-bond donors (Lipinski definition) is 2. The van der Waals surface area contributed by atoms with Gasteiger partial charge in [-0.1, -0.05) is 42.0 Å². The smallest absolute Gasteiger partial charge is 0.261 e. The molecule has 3 aromatic carbocycles. The molecule has 0 spiro atoms. The minimum atomic E-state index is -3.76. The summed E-state index contributed by atoms with van der Waals surface area (Å²) in [5, 5.41) is 2.73. The Hall–Kier alpha value is -3.45. The van der Waals surface area contributed by atoms with Crippen molar-refractivity contribution < 1.29 is 18.0 Å². The van der Waals surface area contributed by atoms with Crippen molar-refractivity contribution in [3.05, 3.63) is 89.0 Å². The minimum absolute atomic E-state index is 0.0999. The zero-order valence-corrected chi connectivity index (χ0v) is 16.4. The van der Waals surface area contributed by atoms with Gasteiger partial charge in [0.2, 0.25) is 5.91 Å². The third kappa shape index (κ3) is 3.90. The minimum Gasteiger partial charge on any atom is -0.326 e. The summed E-state index contributed by atoms with van der Waals surface area (Å²) in [6, 6.07) is 17.9. The van der Waals surface area contributed by atoms with Crippen LogP contribution in [0.4, 0.5) is 11.4 Å². The first-order chi connectivity index (χ1) is 13.8. The fraction of sp³-hybridized carbons (Fsp3) is 0.0909. The summed E-state index contributed by atoms with van der Waals surface area (Å²) in [4.78, 5) is 24.5. The number of amides is 1. The average molecular weight is 406 g/mol. The molecule has 0 bridgehead atoms. The van der Waals surface area contributed by atoms with Gasteiger partial charge in [0, 0.05) is 22.5 Å². The molecule has 0 unspecified atom stereocenters.